The van der Waals surface area contributed by atoms with Crippen LogP contribution in [0.1, 0.15) is 44.6 Å². The van der Waals surface area contributed by atoms with Crippen LogP contribution in [0, 0.1) is 0 Å². The zero-order valence-corrected chi connectivity index (χ0v) is 10.7. The maximum atomic E-state index is 10.7. The molecule has 0 atom stereocenters. The molecule has 1 fully saturated rings. The Bertz CT molecular complexity index is 342. The van der Waals surface area contributed by atoms with Crippen molar-refractivity contribution in [3.8, 4) is 0 Å². The number of thioether (sulfide) groups is 1. The fraction of sp³-hybridized carbons (Fsp3) is 0.571. The molecule has 0 unspecified atom stereocenters. The Balaban J connectivity index is 2.30. The van der Waals surface area contributed by atoms with Gasteiger partial charge in [-0.15, -0.1) is 11.8 Å². The average molecular weight is 236 g/mol. The van der Waals surface area contributed by atoms with Crippen LogP contribution in [0.25, 0.3) is 0 Å². The first-order chi connectivity index (χ1) is 7.76. The number of benzene rings is 1. The lowest BCUT2D eigenvalue weighted by molar-refractivity contribution is -0.00302. The molecule has 1 aromatic rings. The molecule has 16 heavy (non-hydrogen) atoms. The van der Waals surface area contributed by atoms with Crippen LogP contribution in [0.2, 0.25) is 0 Å². The van der Waals surface area contributed by atoms with Crippen LogP contribution < -0.4 is 0 Å². The van der Waals surface area contributed by atoms with Gasteiger partial charge in [0.1, 0.15) is 0 Å². The van der Waals surface area contributed by atoms with Crippen LogP contribution in [0.3, 0.4) is 0 Å². The number of aliphatic hydroxyl groups is 1. The van der Waals surface area contributed by atoms with Gasteiger partial charge < -0.3 is 5.11 Å². The minimum Gasteiger partial charge on any atom is -0.385 e. The van der Waals surface area contributed by atoms with E-state index in [4.69, 9.17) is 0 Å². The highest BCUT2D eigenvalue weighted by atomic mass is 32.2. The second kappa shape index (κ2) is 5.24. The summed E-state index contributed by atoms with van der Waals surface area (Å²) in [4.78, 5) is 1.26. The average Bonchev–Trinajstić information content (AvgIpc) is 2.31. The van der Waals surface area contributed by atoms with Crippen LogP contribution in [0.5, 0.6) is 0 Å². The Morgan fingerprint density at radius 2 is 1.88 bits per heavy atom. The van der Waals surface area contributed by atoms with E-state index in [1.807, 2.05) is 17.8 Å². The first kappa shape index (κ1) is 12.0. The molecule has 0 radical (unpaired) electrons. The molecule has 0 heterocycles. The van der Waals surface area contributed by atoms with E-state index in [0.717, 1.165) is 37.0 Å². The van der Waals surface area contributed by atoms with E-state index in [1.165, 1.54) is 11.3 Å². The van der Waals surface area contributed by atoms with Crippen molar-refractivity contribution in [1.82, 2.24) is 0 Å². The fourth-order valence-electron chi connectivity index (χ4n) is 2.54. The minimum absolute atomic E-state index is 0.559. The van der Waals surface area contributed by atoms with Gasteiger partial charge in [-0.2, -0.15) is 0 Å². The van der Waals surface area contributed by atoms with Crippen LogP contribution in [0.15, 0.2) is 29.2 Å². The maximum Gasteiger partial charge on any atom is 0.0907 e. The molecule has 0 saturated heterocycles. The summed E-state index contributed by atoms with van der Waals surface area (Å²) < 4.78 is 0. The summed E-state index contributed by atoms with van der Waals surface area (Å²) in [6, 6.07) is 8.34. The monoisotopic (exact) mass is 236 g/mol. The SMILES string of the molecule is CCSc1ccccc1C1(O)CCCCC1. The molecule has 2 heteroatoms. The van der Waals surface area contributed by atoms with Gasteiger partial charge in [-0.05, 0) is 30.2 Å². The van der Waals surface area contributed by atoms with Crippen LogP contribution in [-0.4, -0.2) is 10.9 Å². The Kier molecular flexibility index (Phi) is 3.93. The van der Waals surface area contributed by atoms with Gasteiger partial charge in [-0.1, -0.05) is 44.4 Å². The lowest BCUT2D eigenvalue weighted by Gasteiger charge is -2.33. The molecular weight excluding hydrogens is 216 g/mol. The third-order valence-corrected chi connectivity index (χ3v) is 4.32. The summed E-state index contributed by atoms with van der Waals surface area (Å²) in [5, 5.41) is 10.7. The summed E-state index contributed by atoms with van der Waals surface area (Å²) >= 11 is 1.83. The standard InChI is InChI=1S/C14H20OS/c1-2-16-13-9-5-4-8-12(13)14(15)10-6-3-7-11-14/h4-5,8-9,15H,2-3,6-7,10-11H2,1H3. The maximum absolute atomic E-state index is 10.7. The molecule has 0 aliphatic heterocycles. The highest BCUT2D eigenvalue weighted by molar-refractivity contribution is 7.99. The fourth-order valence-corrected chi connectivity index (χ4v) is 3.44. The van der Waals surface area contributed by atoms with E-state index in [2.05, 4.69) is 25.1 Å². The molecule has 0 amide bonds. The van der Waals surface area contributed by atoms with E-state index in [9.17, 15) is 5.11 Å². The predicted molar refractivity (Wildman–Crippen MR) is 69.8 cm³/mol. The molecule has 88 valence electrons. The van der Waals surface area contributed by atoms with Crippen molar-refractivity contribution in [2.45, 2.75) is 49.5 Å². The number of hydrogen-bond donors (Lipinski definition) is 1. The van der Waals surface area contributed by atoms with Crippen molar-refractivity contribution in [3.63, 3.8) is 0 Å². The highest BCUT2D eigenvalue weighted by Gasteiger charge is 2.32. The van der Waals surface area contributed by atoms with Gasteiger partial charge in [-0.25, -0.2) is 0 Å². The van der Waals surface area contributed by atoms with Crippen molar-refractivity contribution >= 4 is 11.8 Å². The molecule has 1 nitrogen and oxygen atoms in total. The van der Waals surface area contributed by atoms with E-state index in [1.54, 1.807) is 0 Å². The quantitative estimate of drug-likeness (QED) is 0.802. The van der Waals surface area contributed by atoms with Gasteiger partial charge >= 0.3 is 0 Å². The van der Waals surface area contributed by atoms with Gasteiger partial charge in [0.15, 0.2) is 0 Å². The summed E-state index contributed by atoms with van der Waals surface area (Å²) in [5.41, 5.74) is 0.596. The van der Waals surface area contributed by atoms with E-state index >= 15 is 0 Å². The van der Waals surface area contributed by atoms with Gasteiger partial charge in [0.05, 0.1) is 5.60 Å². The van der Waals surface area contributed by atoms with E-state index in [-0.39, 0.29) is 0 Å². The zero-order valence-electron chi connectivity index (χ0n) is 9.91. The summed E-state index contributed by atoms with van der Waals surface area (Å²) in [6.45, 7) is 2.16. The van der Waals surface area contributed by atoms with Crippen molar-refractivity contribution in [1.29, 1.82) is 0 Å². The second-order valence-electron chi connectivity index (χ2n) is 4.52. The molecule has 1 aromatic carbocycles. The van der Waals surface area contributed by atoms with Crippen molar-refractivity contribution in [2.24, 2.45) is 0 Å². The van der Waals surface area contributed by atoms with Gasteiger partial charge in [0.2, 0.25) is 0 Å². The molecular formula is C14H20OS. The molecule has 1 saturated carbocycles. The van der Waals surface area contributed by atoms with Crippen LogP contribution in [-0.2, 0) is 5.60 Å². The normalized spacial score (nSPS) is 19.6. The van der Waals surface area contributed by atoms with Gasteiger partial charge in [0, 0.05) is 4.90 Å². The smallest absolute Gasteiger partial charge is 0.0907 e. The van der Waals surface area contributed by atoms with Crippen molar-refractivity contribution in [3.05, 3.63) is 29.8 Å². The molecule has 0 spiro atoms. The van der Waals surface area contributed by atoms with Crippen molar-refractivity contribution < 1.29 is 5.11 Å². The molecule has 1 aliphatic rings. The lowest BCUT2D eigenvalue weighted by Crippen LogP contribution is -2.29. The largest absolute Gasteiger partial charge is 0.385 e. The first-order valence-corrected chi connectivity index (χ1v) is 7.19. The summed E-state index contributed by atoms with van der Waals surface area (Å²) in [5.74, 6) is 1.06. The Hall–Kier alpha value is -0.470. The Labute approximate surface area is 102 Å². The number of rotatable bonds is 3. The molecule has 2 rings (SSSR count). The van der Waals surface area contributed by atoms with E-state index < -0.39 is 5.60 Å². The summed E-state index contributed by atoms with van der Waals surface area (Å²) in [7, 11) is 0. The second-order valence-corrected chi connectivity index (χ2v) is 5.83. The minimum atomic E-state index is -0.559. The van der Waals surface area contributed by atoms with Gasteiger partial charge in [-0.3, -0.25) is 0 Å². The Morgan fingerprint density at radius 3 is 2.56 bits per heavy atom. The third-order valence-electron chi connectivity index (χ3n) is 3.37. The van der Waals surface area contributed by atoms with Crippen LogP contribution in [0.4, 0.5) is 0 Å². The first-order valence-electron chi connectivity index (χ1n) is 6.21. The third kappa shape index (κ3) is 2.44. The van der Waals surface area contributed by atoms with Gasteiger partial charge in [0.25, 0.3) is 0 Å². The summed E-state index contributed by atoms with van der Waals surface area (Å²) in [6.07, 6.45) is 5.43. The number of hydrogen-bond acceptors (Lipinski definition) is 2. The van der Waals surface area contributed by atoms with Crippen LogP contribution >= 0.6 is 11.8 Å². The molecule has 0 bridgehead atoms. The molecule has 0 aromatic heterocycles. The van der Waals surface area contributed by atoms with Crippen molar-refractivity contribution in [2.75, 3.05) is 5.75 Å². The Morgan fingerprint density at radius 1 is 1.19 bits per heavy atom. The topological polar surface area (TPSA) is 20.2 Å². The highest BCUT2D eigenvalue weighted by Crippen LogP contribution is 2.40. The molecule has 1 N–H and O–H groups in total. The lowest BCUT2D eigenvalue weighted by atomic mass is 9.80. The van der Waals surface area contributed by atoms with E-state index in [0.29, 0.717) is 0 Å². The molecule has 1 aliphatic carbocycles. The zero-order chi connectivity index (χ0) is 11.4. The predicted octanol–water partition coefficient (Wildman–Crippen LogP) is 3.95.